The molecule has 4 aromatic rings. The first-order chi connectivity index (χ1) is 15.1. The monoisotopic (exact) mass is 434 g/mol. The lowest BCUT2D eigenvalue weighted by molar-refractivity contribution is 0.0692. The maximum Gasteiger partial charge on any atom is 0.274 e. The Morgan fingerprint density at radius 3 is 2.97 bits per heavy atom. The van der Waals surface area contributed by atoms with Crippen LogP contribution in [-0.2, 0) is 6.42 Å². The largest absolute Gasteiger partial charge is 0.445 e. The summed E-state index contributed by atoms with van der Waals surface area (Å²) in [7, 11) is 0. The predicted molar refractivity (Wildman–Crippen MR) is 119 cm³/mol. The van der Waals surface area contributed by atoms with Gasteiger partial charge in [-0.15, -0.1) is 0 Å². The van der Waals surface area contributed by atoms with E-state index >= 15 is 0 Å². The zero-order valence-corrected chi connectivity index (χ0v) is 18.0. The normalized spacial score (nSPS) is 16.7. The van der Waals surface area contributed by atoms with Gasteiger partial charge in [-0.25, -0.2) is 9.97 Å². The lowest BCUT2D eigenvalue weighted by atomic mass is 9.98. The number of aryl methyl sites for hydroxylation is 1. The Labute approximate surface area is 185 Å². The van der Waals surface area contributed by atoms with E-state index in [-0.39, 0.29) is 11.8 Å². The van der Waals surface area contributed by atoms with Gasteiger partial charge in [0.2, 0.25) is 0 Å². The van der Waals surface area contributed by atoms with Crippen molar-refractivity contribution in [2.45, 2.75) is 32.1 Å². The van der Waals surface area contributed by atoms with Crippen LogP contribution in [0.15, 0.2) is 59.4 Å². The van der Waals surface area contributed by atoms with E-state index in [2.05, 4.69) is 9.97 Å². The summed E-state index contributed by atoms with van der Waals surface area (Å²) < 4.78 is 7.95. The van der Waals surface area contributed by atoms with Crippen molar-refractivity contribution in [2.75, 3.05) is 13.1 Å². The summed E-state index contributed by atoms with van der Waals surface area (Å²) in [5.74, 6) is 1.50. The molecule has 0 unspecified atom stereocenters. The number of hydrogen-bond donors (Lipinski definition) is 0. The summed E-state index contributed by atoms with van der Waals surface area (Å²) >= 11 is 6.27. The van der Waals surface area contributed by atoms with E-state index in [1.807, 2.05) is 58.8 Å². The fraction of sp³-hybridized carbons (Fsp3) is 0.292. The SMILES string of the molecule is Cc1cccn2cc(C(=O)N3CCC[C@@H](c4ncc(Cc5ccccc5Cl)o4)C3)nc12. The first-order valence-corrected chi connectivity index (χ1v) is 10.9. The summed E-state index contributed by atoms with van der Waals surface area (Å²) in [6, 6.07) is 11.7. The summed E-state index contributed by atoms with van der Waals surface area (Å²) in [6.45, 7) is 3.30. The van der Waals surface area contributed by atoms with Gasteiger partial charge in [0.25, 0.3) is 5.91 Å². The second kappa shape index (κ2) is 8.19. The molecule has 31 heavy (non-hydrogen) atoms. The van der Waals surface area contributed by atoms with Crippen molar-refractivity contribution in [3.05, 3.63) is 88.5 Å². The molecule has 5 rings (SSSR count). The Kier molecular flexibility index (Phi) is 5.24. The number of imidazole rings is 1. The predicted octanol–water partition coefficient (Wildman–Crippen LogP) is 4.89. The highest BCUT2D eigenvalue weighted by atomic mass is 35.5. The molecule has 0 N–H and O–H groups in total. The van der Waals surface area contributed by atoms with E-state index in [9.17, 15) is 4.79 Å². The summed E-state index contributed by atoms with van der Waals surface area (Å²) in [5, 5.41) is 0.720. The van der Waals surface area contributed by atoms with Crippen LogP contribution < -0.4 is 0 Å². The van der Waals surface area contributed by atoms with Crippen LogP contribution in [0.1, 0.15) is 52.0 Å². The molecule has 0 aliphatic carbocycles. The Balaban J connectivity index is 1.31. The lowest BCUT2D eigenvalue weighted by Gasteiger charge is -2.30. The molecular formula is C24H23ClN4O2. The Bertz CT molecular complexity index is 1250. The Hall–Kier alpha value is -3.12. The number of oxazole rings is 1. The van der Waals surface area contributed by atoms with E-state index in [1.165, 1.54) is 0 Å². The molecule has 1 atom stereocenters. The molecule has 1 amide bonds. The van der Waals surface area contributed by atoms with Crippen LogP contribution in [0.5, 0.6) is 0 Å². The molecule has 0 saturated carbocycles. The molecule has 3 aromatic heterocycles. The van der Waals surface area contributed by atoms with Crippen molar-refractivity contribution in [1.82, 2.24) is 19.3 Å². The highest BCUT2D eigenvalue weighted by Crippen LogP contribution is 2.29. The van der Waals surface area contributed by atoms with Gasteiger partial charge in [-0.1, -0.05) is 35.9 Å². The van der Waals surface area contributed by atoms with E-state index in [0.29, 0.717) is 24.6 Å². The van der Waals surface area contributed by atoms with Crippen LogP contribution in [0.25, 0.3) is 5.65 Å². The molecule has 0 bridgehead atoms. The third kappa shape index (κ3) is 3.95. The van der Waals surface area contributed by atoms with Gasteiger partial charge in [0, 0.05) is 36.9 Å². The summed E-state index contributed by atoms with van der Waals surface area (Å²) in [6.07, 6.45) is 7.94. The fourth-order valence-corrected chi connectivity index (χ4v) is 4.41. The molecule has 4 heterocycles. The van der Waals surface area contributed by atoms with Gasteiger partial charge in [-0.3, -0.25) is 4.79 Å². The number of benzene rings is 1. The molecule has 0 radical (unpaired) electrons. The molecule has 158 valence electrons. The summed E-state index contributed by atoms with van der Waals surface area (Å²) in [5.41, 5.74) is 3.34. The molecule has 7 heteroatoms. The number of aromatic nitrogens is 3. The van der Waals surface area contributed by atoms with Gasteiger partial charge >= 0.3 is 0 Å². The zero-order chi connectivity index (χ0) is 21.4. The van der Waals surface area contributed by atoms with Crippen LogP contribution in [0.4, 0.5) is 0 Å². The van der Waals surface area contributed by atoms with Crippen molar-refractivity contribution in [1.29, 1.82) is 0 Å². The van der Waals surface area contributed by atoms with Crippen LogP contribution in [0.3, 0.4) is 0 Å². The standard InChI is InChI=1S/C24H23ClN4O2/c1-16-6-4-10-28-15-21(27-22(16)28)24(30)29-11-5-8-18(14-29)23-26-13-19(31-23)12-17-7-2-3-9-20(17)25/h2-4,6-7,9-10,13,15,18H,5,8,11-12,14H2,1H3/t18-/m1/s1. The van der Waals surface area contributed by atoms with Gasteiger partial charge < -0.3 is 13.7 Å². The summed E-state index contributed by atoms with van der Waals surface area (Å²) in [4.78, 5) is 24.1. The second-order valence-electron chi connectivity index (χ2n) is 8.07. The third-order valence-electron chi connectivity index (χ3n) is 5.85. The van der Waals surface area contributed by atoms with Crippen molar-refractivity contribution < 1.29 is 9.21 Å². The number of nitrogens with zero attached hydrogens (tertiary/aromatic N) is 4. The lowest BCUT2D eigenvalue weighted by Crippen LogP contribution is -2.39. The third-order valence-corrected chi connectivity index (χ3v) is 6.22. The highest BCUT2D eigenvalue weighted by molar-refractivity contribution is 6.31. The van der Waals surface area contributed by atoms with Crippen LogP contribution in [-0.4, -0.2) is 38.3 Å². The number of carbonyl (C=O) groups is 1. The molecule has 1 aromatic carbocycles. The number of halogens is 1. The van der Waals surface area contributed by atoms with Crippen LogP contribution in [0, 0.1) is 6.92 Å². The molecule has 1 fully saturated rings. The van der Waals surface area contributed by atoms with Gasteiger partial charge in [0.15, 0.2) is 5.89 Å². The number of pyridine rings is 1. The number of rotatable bonds is 4. The Morgan fingerprint density at radius 2 is 2.13 bits per heavy atom. The number of hydrogen-bond acceptors (Lipinski definition) is 4. The van der Waals surface area contributed by atoms with E-state index in [4.69, 9.17) is 16.0 Å². The number of fused-ring (bicyclic) bond motifs is 1. The van der Waals surface area contributed by atoms with Gasteiger partial charge in [0.1, 0.15) is 17.1 Å². The fourth-order valence-electron chi connectivity index (χ4n) is 4.20. The molecule has 6 nitrogen and oxygen atoms in total. The second-order valence-corrected chi connectivity index (χ2v) is 8.48. The van der Waals surface area contributed by atoms with Crippen molar-refractivity contribution in [3.63, 3.8) is 0 Å². The van der Waals surface area contributed by atoms with Crippen molar-refractivity contribution in [3.8, 4) is 0 Å². The average molecular weight is 435 g/mol. The smallest absolute Gasteiger partial charge is 0.274 e. The Morgan fingerprint density at radius 1 is 1.26 bits per heavy atom. The first kappa shape index (κ1) is 19.8. The topological polar surface area (TPSA) is 63.6 Å². The minimum atomic E-state index is -0.0457. The molecule has 0 spiro atoms. The van der Waals surface area contributed by atoms with E-state index in [0.717, 1.165) is 46.9 Å². The maximum atomic E-state index is 13.1. The molecule has 1 aliphatic rings. The molecular weight excluding hydrogens is 412 g/mol. The van der Waals surface area contributed by atoms with E-state index in [1.54, 1.807) is 12.4 Å². The number of likely N-dealkylation sites (tertiary alicyclic amines) is 1. The van der Waals surface area contributed by atoms with E-state index < -0.39 is 0 Å². The molecule has 1 saturated heterocycles. The minimum absolute atomic E-state index is 0.0457. The quantitative estimate of drug-likeness (QED) is 0.458. The van der Waals surface area contributed by atoms with Crippen LogP contribution >= 0.6 is 11.6 Å². The number of piperidine rings is 1. The first-order valence-electron chi connectivity index (χ1n) is 10.5. The highest BCUT2D eigenvalue weighted by Gasteiger charge is 2.29. The van der Waals surface area contributed by atoms with Gasteiger partial charge in [0.05, 0.1) is 12.1 Å². The average Bonchev–Trinajstić information content (AvgIpc) is 3.43. The van der Waals surface area contributed by atoms with Crippen molar-refractivity contribution >= 4 is 23.2 Å². The maximum absolute atomic E-state index is 13.1. The number of amides is 1. The number of carbonyl (C=O) groups excluding carboxylic acids is 1. The minimum Gasteiger partial charge on any atom is -0.445 e. The van der Waals surface area contributed by atoms with Gasteiger partial charge in [-0.2, -0.15) is 0 Å². The van der Waals surface area contributed by atoms with Crippen molar-refractivity contribution in [2.24, 2.45) is 0 Å². The molecule has 1 aliphatic heterocycles. The van der Waals surface area contributed by atoms with Gasteiger partial charge in [-0.05, 0) is 43.0 Å². The zero-order valence-electron chi connectivity index (χ0n) is 17.3. The van der Waals surface area contributed by atoms with Crippen LogP contribution in [0.2, 0.25) is 5.02 Å².